The van der Waals surface area contributed by atoms with Crippen LogP contribution in [0.2, 0.25) is 19.6 Å². The summed E-state index contributed by atoms with van der Waals surface area (Å²) < 4.78 is 11.5. The second-order valence-corrected chi connectivity index (χ2v) is 17.7. The van der Waals surface area contributed by atoms with Gasteiger partial charge in [-0.1, -0.05) is 72.5 Å². The van der Waals surface area contributed by atoms with Crippen LogP contribution in [0.3, 0.4) is 0 Å². The van der Waals surface area contributed by atoms with Crippen LogP contribution in [-0.4, -0.2) is 43.9 Å². The van der Waals surface area contributed by atoms with Gasteiger partial charge in [-0.2, -0.15) is 0 Å². The molecule has 9 heteroatoms. The van der Waals surface area contributed by atoms with Gasteiger partial charge in [0.05, 0.1) is 23.6 Å². The maximum atomic E-state index is 13.4. The lowest BCUT2D eigenvalue weighted by molar-refractivity contribution is -0.125. The van der Waals surface area contributed by atoms with Gasteiger partial charge in [0, 0.05) is 5.56 Å². The van der Waals surface area contributed by atoms with Gasteiger partial charge in [-0.05, 0) is 49.7 Å². The molecule has 3 rings (SSSR count). The van der Waals surface area contributed by atoms with Crippen molar-refractivity contribution in [3.63, 3.8) is 0 Å². The highest BCUT2D eigenvalue weighted by molar-refractivity contribution is 6.87. The molecule has 0 saturated heterocycles. The Bertz CT molecular complexity index is 1090. The monoisotopic (exact) mass is 560 g/mol. The zero-order valence-electron chi connectivity index (χ0n) is 24.6. The summed E-state index contributed by atoms with van der Waals surface area (Å²) in [6.45, 7) is 12.9. The minimum absolute atomic E-state index is 0.150. The molecule has 3 atom stereocenters. The number of aliphatic hydroxyl groups is 1. The molecular weight excluding hydrogens is 512 g/mol. The van der Waals surface area contributed by atoms with Crippen LogP contribution >= 0.6 is 0 Å². The van der Waals surface area contributed by atoms with Gasteiger partial charge in [0.1, 0.15) is 26.0 Å². The van der Waals surface area contributed by atoms with Gasteiger partial charge in [-0.3, -0.25) is 9.59 Å². The average molecular weight is 561 g/mol. The summed E-state index contributed by atoms with van der Waals surface area (Å²) in [6.07, 6.45) is 6.52. The smallest absolute Gasteiger partial charge is 0.407 e. The van der Waals surface area contributed by atoms with Crippen molar-refractivity contribution in [3.8, 4) is 11.3 Å². The minimum atomic E-state index is -1.68. The number of amides is 2. The third kappa shape index (κ3) is 8.80. The number of hydrogen-bond donors (Lipinski definition) is 3. The van der Waals surface area contributed by atoms with Gasteiger partial charge in [0.15, 0.2) is 5.43 Å². The molecule has 2 aromatic rings. The van der Waals surface area contributed by atoms with Gasteiger partial charge in [-0.25, -0.2) is 4.79 Å². The van der Waals surface area contributed by atoms with Crippen molar-refractivity contribution in [2.24, 2.45) is 11.8 Å². The number of ether oxygens (including phenoxy) is 1. The lowest BCUT2D eigenvalue weighted by atomic mass is 9.90. The third-order valence-electron chi connectivity index (χ3n) is 7.63. The SMILES string of the molecule is CCCC[C@H](NC(=O)[C@H](CC(C)C)NC(=O)OCC1CCCCC1)C(O)c1c(-c2ccc([Si](C)(C)C)o2)c1=O. The standard InChI is InChI=1S/C30H48N2O6Si/c1-7-8-14-21(27(33)26-25(28(26)34)23-15-16-24(38-23)39(4,5)6)31-29(35)22(17-19(2)3)32-30(36)37-18-20-12-10-9-11-13-20/h15-16,19-22,27,33H,7-14,17-18H2,1-6H3,(H,31,35)(H,32,36)/t21-,22-,27?/m0/s1. The molecule has 8 nitrogen and oxygen atoms in total. The molecule has 1 aliphatic carbocycles. The number of hydrogen-bond acceptors (Lipinski definition) is 6. The maximum absolute atomic E-state index is 13.4. The van der Waals surface area contributed by atoms with Crippen LogP contribution in [0, 0.1) is 11.8 Å². The molecule has 2 amide bonds. The van der Waals surface area contributed by atoms with Crippen LogP contribution < -0.4 is 21.4 Å². The normalized spacial score (nSPS) is 17.2. The Morgan fingerprint density at radius 3 is 2.41 bits per heavy atom. The quantitative estimate of drug-likeness (QED) is 0.275. The number of alkyl carbamates (subject to hydrolysis) is 1. The second kappa shape index (κ2) is 13.8. The molecule has 1 aliphatic rings. The van der Waals surface area contributed by atoms with E-state index in [1.807, 2.05) is 26.8 Å². The molecule has 1 fully saturated rings. The lowest BCUT2D eigenvalue weighted by Crippen LogP contribution is -2.51. The van der Waals surface area contributed by atoms with E-state index in [9.17, 15) is 19.5 Å². The Morgan fingerprint density at radius 2 is 1.82 bits per heavy atom. The van der Waals surface area contributed by atoms with E-state index in [0.717, 1.165) is 43.9 Å². The number of carbonyl (C=O) groups is 2. The Hall–Kier alpha value is -2.39. The van der Waals surface area contributed by atoms with Crippen molar-refractivity contribution in [1.82, 2.24) is 10.6 Å². The summed E-state index contributed by atoms with van der Waals surface area (Å²) >= 11 is 0. The number of carbonyl (C=O) groups excluding carboxylic acids is 2. The molecule has 39 heavy (non-hydrogen) atoms. The maximum Gasteiger partial charge on any atom is 0.407 e. The average Bonchev–Trinajstić information content (AvgIpc) is 3.29. The minimum Gasteiger partial charge on any atom is -0.466 e. The number of unbranched alkanes of at least 4 members (excludes halogenated alkanes) is 1. The van der Waals surface area contributed by atoms with Crippen molar-refractivity contribution in [2.75, 3.05) is 6.61 Å². The zero-order chi connectivity index (χ0) is 28.7. The van der Waals surface area contributed by atoms with Crippen molar-refractivity contribution in [3.05, 3.63) is 27.9 Å². The largest absolute Gasteiger partial charge is 0.466 e. The summed E-state index contributed by atoms with van der Waals surface area (Å²) in [5.74, 6) is 0.627. The first-order chi connectivity index (χ1) is 18.4. The predicted molar refractivity (Wildman–Crippen MR) is 156 cm³/mol. The van der Waals surface area contributed by atoms with Gasteiger partial charge in [-0.15, -0.1) is 0 Å². The third-order valence-corrected chi connectivity index (χ3v) is 9.38. The molecule has 1 aromatic carbocycles. The molecule has 0 spiro atoms. The summed E-state index contributed by atoms with van der Waals surface area (Å²) in [4.78, 5) is 38.7. The fourth-order valence-electron chi connectivity index (χ4n) is 5.24. The molecule has 1 aromatic heterocycles. The molecular formula is C30H48N2O6Si. The number of aliphatic hydroxyl groups excluding tert-OH is 1. The molecule has 1 unspecified atom stereocenters. The molecule has 0 radical (unpaired) electrons. The highest BCUT2D eigenvalue weighted by Gasteiger charge is 2.38. The van der Waals surface area contributed by atoms with Crippen LogP contribution in [-0.2, 0) is 9.53 Å². The molecule has 0 aliphatic heterocycles. The van der Waals surface area contributed by atoms with E-state index in [4.69, 9.17) is 9.15 Å². The Balaban J connectivity index is 1.67. The van der Waals surface area contributed by atoms with Crippen LogP contribution in [0.25, 0.3) is 11.3 Å². The van der Waals surface area contributed by atoms with E-state index >= 15 is 0 Å². The van der Waals surface area contributed by atoms with Gasteiger partial charge < -0.3 is 24.9 Å². The first-order valence-electron chi connectivity index (χ1n) is 14.7. The van der Waals surface area contributed by atoms with Crippen molar-refractivity contribution in [1.29, 1.82) is 0 Å². The predicted octanol–water partition coefficient (Wildman–Crippen LogP) is 5.16. The van der Waals surface area contributed by atoms with Gasteiger partial charge in [0.2, 0.25) is 5.91 Å². The Morgan fingerprint density at radius 1 is 1.13 bits per heavy atom. The Kier molecular flexibility index (Phi) is 11.0. The number of rotatable bonds is 14. The molecule has 0 bridgehead atoms. The number of furan rings is 1. The Labute approximate surface area is 234 Å². The summed E-state index contributed by atoms with van der Waals surface area (Å²) in [7, 11) is -1.68. The summed E-state index contributed by atoms with van der Waals surface area (Å²) in [5.41, 5.74) is 0.483. The van der Waals surface area contributed by atoms with Gasteiger partial charge >= 0.3 is 6.09 Å². The van der Waals surface area contributed by atoms with Crippen LogP contribution in [0.15, 0.2) is 21.3 Å². The zero-order valence-corrected chi connectivity index (χ0v) is 25.6. The highest BCUT2D eigenvalue weighted by Crippen LogP contribution is 2.33. The van der Waals surface area contributed by atoms with Crippen LogP contribution in [0.1, 0.15) is 90.2 Å². The lowest BCUT2D eigenvalue weighted by Gasteiger charge is -2.27. The molecule has 218 valence electrons. The first-order valence-corrected chi connectivity index (χ1v) is 18.2. The molecule has 1 saturated carbocycles. The van der Waals surface area contributed by atoms with Crippen molar-refractivity contribution >= 4 is 25.5 Å². The van der Waals surface area contributed by atoms with E-state index in [-0.39, 0.29) is 17.3 Å². The second-order valence-electron chi connectivity index (χ2n) is 12.7. The van der Waals surface area contributed by atoms with Gasteiger partial charge in [0.25, 0.3) is 0 Å². The van der Waals surface area contributed by atoms with Crippen molar-refractivity contribution in [2.45, 2.75) is 116 Å². The topological polar surface area (TPSA) is 118 Å². The fourth-order valence-corrected chi connectivity index (χ4v) is 6.24. The van der Waals surface area contributed by atoms with E-state index < -0.39 is 32.4 Å². The fraction of sp³-hybridized carbons (Fsp3) is 0.700. The molecule has 3 N–H and O–H groups in total. The van der Waals surface area contributed by atoms with Crippen LogP contribution in [0.4, 0.5) is 4.79 Å². The van der Waals surface area contributed by atoms with E-state index in [1.54, 1.807) is 6.07 Å². The van der Waals surface area contributed by atoms with E-state index in [1.165, 1.54) is 6.42 Å². The molecule has 1 heterocycles. The summed E-state index contributed by atoms with van der Waals surface area (Å²) in [5, 5.41) is 17.8. The summed E-state index contributed by atoms with van der Waals surface area (Å²) in [6, 6.07) is 2.25. The van der Waals surface area contributed by atoms with Crippen LogP contribution in [0.5, 0.6) is 0 Å². The van der Waals surface area contributed by atoms with Crippen molar-refractivity contribution < 1.29 is 23.8 Å². The van der Waals surface area contributed by atoms with E-state index in [0.29, 0.717) is 42.3 Å². The van der Waals surface area contributed by atoms with E-state index in [2.05, 4.69) is 30.3 Å². The number of nitrogens with one attached hydrogen (secondary N) is 2. The first kappa shape index (κ1) is 31.1. The highest BCUT2D eigenvalue weighted by atomic mass is 28.3.